The molecule has 1 atom stereocenters. The van der Waals surface area contributed by atoms with E-state index in [0.29, 0.717) is 19.8 Å². The van der Waals surface area contributed by atoms with Crippen molar-refractivity contribution in [3.63, 3.8) is 0 Å². The van der Waals surface area contributed by atoms with Gasteiger partial charge < -0.3 is 15.2 Å². The molecule has 0 aliphatic heterocycles. The van der Waals surface area contributed by atoms with Gasteiger partial charge in [-0.05, 0) is 50.4 Å². The average Bonchev–Trinajstić information content (AvgIpc) is 2.34. The number of unbranched alkanes of at least 4 members (excludes halogenated alkanes) is 1. The van der Waals surface area contributed by atoms with Crippen molar-refractivity contribution in [2.45, 2.75) is 25.9 Å². The van der Waals surface area contributed by atoms with Gasteiger partial charge in [-0.3, -0.25) is 0 Å². The van der Waals surface area contributed by atoms with Gasteiger partial charge in [-0.15, -0.1) is 0 Å². The maximum atomic E-state index is 9.77. The summed E-state index contributed by atoms with van der Waals surface area (Å²) in [5, 5.41) is 13.0. The fraction of sp³-hybridized carbons (Fsp3) is 0.538. The first-order valence-corrected chi connectivity index (χ1v) is 7.67. The molecular formula is C13H19Br2NO2. The van der Waals surface area contributed by atoms with Gasteiger partial charge in [-0.25, -0.2) is 0 Å². The topological polar surface area (TPSA) is 41.5 Å². The molecule has 2 N–H and O–H groups in total. The van der Waals surface area contributed by atoms with Crippen LogP contribution in [0.25, 0.3) is 0 Å². The number of para-hydroxylation sites is 1. The lowest BCUT2D eigenvalue weighted by molar-refractivity contribution is 0.0421. The van der Waals surface area contributed by atoms with Crippen molar-refractivity contribution in [3.8, 4) is 0 Å². The summed E-state index contributed by atoms with van der Waals surface area (Å²) in [7, 11) is 0. The predicted octanol–water partition coefficient (Wildman–Crippen LogP) is 3.80. The summed E-state index contributed by atoms with van der Waals surface area (Å²) in [6, 6.07) is 5.86. The number of halogens is 2. The van der Waals surface area contributed by atoms with E-state index in [1.54, 1.807) is 0 Å². The Hall–Kier alpha value is -0.100. The van der Waals surface area contributed by atoms with Crippen molar-refractivity contribution in [3.05, 3.63) is 27.1 Å². The Labute approximate surface area is 125 Å². The summed E-state index contributed by atoms with van der Waals surface area (Å²) in [4.78, 5) is 0. The van der Waals surface area contributed by atoms with Gasteiger partial charge >= 0.3 is 0 Å². The van der Waals surface area contributed by atoms with Crippen LogP contribution in [-0.2, 0) is 4.74 Å². The minimum atomic E-state index is -0.499. The Morgan fingerprint density at radius 3 is 2.61 bits per heavy atom. The van der Waals surface area contributed by atoms with Crippen LogP contribution in [0.1, 0.15) is 19.8 Å². The lowest BCUT2D eigenvalue weighted by Gasteiger charge is -2.15. The number of nitrogens with one attached hydrogen (secondary N) is 1. The minimum absolute atomic E-state index is 0.370. The fourth-order valence-electron chi connectivity index (χ4n) is 1.41. The summed E-state index contributed by atoms with van der Waals surface area (Å²) in [6.07, 6.45) is 1.65. The van der Waals surface area contributed by atoms with Crippen molar-refractivity contribution in [1.82, 2.24) is 0 Å². The van der Waals surface area contributed by atoms with Crippen LogP contribution in [0.15, 0.2) is 27.1 Å². The van der Waals surface area contributed by atoms with Crippen LogP contribution >= 0.6 is 31.9 Å². The number of hydrogen-bond donors (Lipinski definition) is 2. The summed E-state index contributed by atoms with van der Waals surface area (Å²) < 4.78 is 7.31. The summed E-state index contributed by atoms with van der Waals surface area (Å²) in [6.45, 7) is 3.67. The van der Waals surface area contributed by atoms with Gasteiger partial charge in [0, 0.05) is 22.1 Å². The molecule has 0 fully saturated rings. The highest BCUT2D eigenvalue weighted by Crippen LogP contribution is 2.30. The normalized spacial score (nSPS) is 12.4. The third-order valence-electron chi connectivity index (χ3n) is 2.43. The highest BCUT2D eigenvalue weighted by atomic mass is 79.9. The fourth-order valence-corrected chi connectivity index (χ4v) is 2.69. The van der Waals surface area contributed by atoms with E-state index in [1.807, 2.05) is 18.2 Å². The number of benzene rings is 1. The van der Waals surface area contributed by atoms with E-state index in [4.69, 9.17) is 4.74 Å². The second kappa shape index (κ2) is 8.91. The van der Waals surface area contributed by atoms with E-state index in [0.717, 1.165) is 27.5 Å². The smallest absolute Gasteiger partial charge is 0.0945 e. The van der Waals surface area contributed by atoms with Crippen LogP contribution < -0.4 is 5.32 Å². The van der Waals surface area contributed by atoms with E-state index < -0.39 is 6.10 Å². The van der Waals surface area contributed by atoms with Gasteiger partial charge in [0.15, 0.2) is 0 Å². The maximum absolute atomic E-state index is 9.77. The van der Waals surface area contributed by atoms with Gasteiger partial charge in [0.2, 0.25) is 0 Å². The van der Waals surface area contributed by atoms with Crippen LogP contribution in [0.4, 0.5) is 5.69 Å². The van der Waals surface area contributed by atoms with Gasteiger partial charge in [-0.2, -0.15) is 0 Å². The summed E-state index contributed by atoms with van der Waals surface area (Å²) >= 11 is 6.93. The Morgan fingerprint density at radius 1 is 1.33 bits per heavy atom. The molecule has 5 heteroatoms. The first kappa shape index (κ1) is 16.0. The first-order chi connectivity index (χ1) is 8.65. The minimum Gasteiger partial charge on any atom is -0.389 e. The second-order valence-electron chi connectivity index (χ2n) is 4.06. The summed E-state index contributed by atoms with van der Waals surface area (Å²) in [5.41, 5.74) is 0.949. The molecule has 1 aromatic rings. The van der Waals surface area contributed by atoms with Crippen molar-refractivity contribution < 1.29 is 9.84 Å². The molecular weight excluding hydrogens is 362 g/mol. The van der Waals surface area contributed by atoms with Crippen LogP contribution in [-0.4, -0.2) is 31.0 Å². The molecule has 0 radical (unpaired) electrons. The standard InChI is InChI=1S/C13H19Br2NO2/c1-2-3-7-18-9-10(17)8-16-13-11(14)5-4-6-12(13)15/h4-6,10,16-17H,2-3,7-9H2,1H3. The van der Waals surface area contributed by atoms with Crippen molar-refractivity contribution in [2.75, 3.05) is 25.1 Å². The molecule has 0 saturated heterocycles. The molecule has 1 aromatic carbocycles. The first-order valence-electron chi connectivity index (χ1n) is 6.08. The largest absolute Gasteiger partial charge is 0.389 e. The SMILES string of the molecule is CCCCOCC(O)CNc1c(Br)cccc1Br. The molecule has 1 unspecified atom stereocenters. The molecule has 1 rings (SSSR count). The zero-order chi connectivity index (χ0) is 13.4. The molecule has 102 valence electrons. The number of rotatable bonds is 8. The highest BCUT2D eigenvalue weighted by Gasteiger charge is 2.08. The molecule has 0 heterocycles. The lowest BCUT2D eigenvalue weighted by Crippen LogP contribution is -2.25. The number of anilines is 1. The van der Waals surface area contributed by atoms with Crippen molar-refractivity contribution in [1.29, 1.82) is 0 Å². The maximum Gasteiger partial charge on any atom is 0.0945 e. The molecule has 0 amide bonds. The Balaban J connectivity index is 2.31. The molecule has 0 saturated carbocycles. The van der Waals surface area contributed by atoms with E-state index in [1.165, 1.54) is 0 Å². The lowest BCUT2D eigenvalue weighted by atomic mass is 10.3. The third kappa shape index (κ3) is 5.69. The third-order valence-corrected chi connectivity index (χ3v) is 3.75. The van der Waals surface area contributed by atoms with Crippen molar-refractivity contribution >= 4 is 37.5 Å². The molecule has 3 nitrogen and oxygen atoms in total. The molecule has 0 aliphatic carbocycles. The Morgan fingerprint density at radius 2 is 2.00 bits per heavy atom. The van der Waals surface area contributed by atoms with Gasteiger partial charge in [0.25, 0.3) is 0 Å². The van der Waals surface area contributed by atoms with Gasteiger partial charge in [0.05, 0.1) is 18.4 Å². The van der Waals surface area contributed by atoms with E-state index in [9.17, 15) is 5.11 Å². The number of aliphatic hydroxyl groups is 1. The molecule has 0 aliphatic rings. The zero-order valence-corrected chi connectivity index (χ0v) is 13.6. The van der Waals surface area contributed by atoms with Gasteiger partial charge in [0.1, 0.15) is 0 Å². The van der Waals surface area contributed by atoms with E-state index in [2.05, 4.69) is 44.1 Å². The van der Waals surface area contributed by atoms with Gasteiger partial charge in [-0.1, -0.05) is 19.4 Å². The molecule has 0 aromatic heterocycles. The highest BCUT2D eigenvalue weighted by molar-refractivity contribution is 9.11. The molecule has 0 bridgehead atoms. The quantitative estimate of drug-likeness (QED) is 0.674. The monoisotopic (exact) mass is 379 g/mol. The van der Waals surface area contributed by atoms with Crippen LogP contribution in [0.2, 0.25) is 0 Å². The van der Waals surface area contributed by atoms with Crippen LogP contribution in [0.3, 0.4) is 0 Å². The number of ether oxygens (including phenoxy) is 1. The molecule has 18 heavy (non-hydrogen) atoms. The van der Waals surface area contributed by atoms with Crippen LogP contribution in [0.5, 0.6) is 0 Å². The van der Waals surface area contributed by atoms with E-state index in [-0.39, 0.29) is 0 Å². The van der Waals surface area contributed by atoms with Crippen molar-refractivity contribution in [2.24, 2.45) is 0 Å². The number of hydrogen-bond acceptors (Lipinski definition) is 3. The zero-order valence-electron chi connectivity index (χ0n) is 10.5. The second-order valence-corrected chi connectivity index (χ2v) is 5.77. The average molecular weight is 381 g/mol. The Kier molecular flexibility index (Phi) is 7.90. The summed E-state index contributed by atoms with van der Waals surface area (Å²) in [5.74, 6) is 0. The van der Waals surface area contributed by atoms with Crippen LogP contribution in [0, 0.1) is 0 Å². The van der Waals surface area contributed by atoms with E-state index >= 15 is 0 Å². The Bertz CT molecular complexity index is 341. The number of aliphatic hydroxyl groups excluding tert-OH is 1. The molecule has 0 spiro atoms. The predicted molar refractivity (Wildman–Crippen MR) is 82.1 cm³/mol.